The van der Waals surface area contributed by atoms with Gasteiger partial charge in [-0.15, -0.1) is 0 Å². The molecule has 0 atom stereocenters. The molecule has 0 fully saturated rings. The van der Waals surface area contributed by atoms with E-state index < -0.39 is 0 Å². The van der Waals surface area contributed by atoms with Gasteiger partial charge in [0.25, 0.3) is 0 Å². The van der Waals surface area contributed by atoms with E-state index in [1.807, 2.05) is 18.2 Å². The van der Waals surface area contributed by atoms with Crippen LogP contribution in [0, 0.1) is 11.3 Å². The van der Waals surface area contributed by atoms with Crippen LogP contribution in [0.25, 0.3) is 16.7 Å². The number of aromatic nitrogens is 2. The summed E-state index contributed by atoms with van der Waals surface area (Å²) in [6.07, 6.45) is 6.06. The van der Waals surface area contributed by atoms with E-state index in [1.54, 1.807) is 0 Å². The number of nitrogens with zero attached hydrogens (tertiary/aromatic N) is 4. The monoisotopic (exact) mass is 344 g/mol. The number of fused-ring (bicyclic) bond motifs is 4. The maximum Gasteiger partial charge on any atom is 0.157 e. The second kappa shape index (κ2) is 5.86. The summed E-state index contributed by atoms with van der Waals surface area (Å²) in [5, 5.41) is 19.3. The van der Waals surface area contributed by atoms with E-state index in [0.717, 1.165) is 66.6 Å². The van der Waals surface area contributed by atoms with Crippen LogP contribution in [0.4, 0.5) is 5.82 Å². The van der Waals surface area contributed by atoms with E-state index in [0.29, 0.717) is 0 Å². The lowest BCUT2D eigenvalue weighted by Crippen LogP contribution is -2.32. The van der Waals surface area contributed by atoms with Crippen molar-refractivity contribution in [3.8, 4) is 6.07 Å². The fourth-order valence-electron chi connectivity index (χ4n) is 4.44. The summed E-state index contributed by atoms with van der Waals surface area (Å²) in [6.45, 7) is 1.81. The molecule has 0 saturated heterocycles. The highest BCUT2D eigenvalue weighted by Gasteiger charge is 2.28. The van der Waals surface area contributed by atoms with Crippen molar-refractivity contribution < 1.29 is 5.11 Å². The maximum absolute atomic E-state index is 9.84. The van der Waals surface area contributed by atoms with Gasteiger partial charge in [-0.3, -0.25) is 4.40 Å². The maximum atomic E-state index is 9.84. The van der Waals surface area contributed by atoms with Gasteiger partial charge in [0.1, 0.15) is 11.9 Å². The Kier molecular flexibility index (Phi) is 3.47. The first kappa shape index (κ1) is 15.4. The Hall–Kier alpha value is -2.84. The van der Waals surface area contributed by atoms with Gasteiger partial charge >= 0.3 is 0 Å². The Balaban J connectivity index is 1.85. The average Bonchev–Trinajstić information content (AvgIpc) is 3.31. The summed E-state index contributed by atoms with van der Waals surface area (Å²) in [7, 11) is 0. The lowest BCUT2D eigenvalue weighted by molar-refractivity contribution is 0.325. The van der Waals surface area contributed by atoms with Crippen LogP contribution in [-0.2, 0) is 12.8 Å². The zero-order valence-electron chi connectivity index (χ0n) is 14.6. The topological polar surface area (TPSA) is 64.6 Å². The molecule has 0 spiro atoms. The van der Waals surface area contributed by atoms with E-state index in [-0.39, 0.29) is 6.61 Å². The van der Waals surface area contributed by atoms with Crippen molar-refractivity contribution in [1.29, 1.82) is 5.26 Å². The normalized spacial score (nSPS) is 16.8. The van der Waals surface area contributed by atoms with Crippen LogP contribution >= 0.6 is 0 Å². The number of hydrogen-bond donors (Lipinski definition) is 1. The van der Waals surface area contributed by atoms with Crippen molar-refractivity contribution in [3.63, 3.8) is 0 Å². The molecule has 1 aliphatic heterocycles. The molecule has 0 unspecified atom stereocenters. The molecule has 5 rings (SSSR count). The van der Waals surface area contributed by atoms with Gasteiger partial charge in [0.15, 0.2) is 5.65 Å². The molecule has 0 saturated carbocycles. The Morgan fingerprint density at radius 1 is 1.15 bits per heavy atom. The number of nitriles is 1. The predicted octanol–water partition coefficient (Wildman–Crippen LogP) is 2.98. The molecule has 0 bridgehead atoms. The van der Waals surface area contributed by atoms with E-state index in [9.17, 15) is 10.4 Å². The molecule has 3 aromatic rings. The second-order valence-corrected chi connectivity index (χ2v) is 7.10. The molecule has 0 radical (unpaired) electrons. The number of benzene rings is 1. The first-order chi connectivity index (χ1) is 12.8. The highest BCUT2D eigenvalue weighted by Crippen LogP contribution is 2.38. The second-order valence-electron chi connectivity index (χ2n) is 7.10. The Labute approximate surface area is 151 Å². The van der Waals surface area contributed by atoms with Gasteiger partial charge in [0.05, 0.1) is 23.2 Å². The van der Waals surface area contributed by atoms with Crippen LogP contribution in [0.1, 0.15) is 29.5 Å². The van der Waals surface area contributed by atoms with Crippen LogP contribution < -0.4 is 4.90 Å². The van der Waals surface area contributed by atoms with Crippen LogP contribution in [0.5, 0.6) is 0 Å². The number of rotatable bonds is 2. The molecule has 1 N–H and O–H groups in total. The third-order valence-corrected chi connectivity index (χ3v) is 5.70. The average molecular weight is 344 g/mol. The molecule has 0 amide bonds. The smallest absolute Gasteiger partial charge is 0.157 e. The molecule has 26 heavy (non-hydrogen) atoms. The minimum absolute atomic E-state index is 0.142. The summed E-state index contributed by atoms with van der Waals surface area (Å²) in [6, 6.07) is 10.5. The van der Waals surface area contributed by atoms with Crippen molar-refractivity contribution in [2.75, 3.05) is 24.6 Å². The zero-order valence-corrected chi connectivity index (χ0v) is 14.6. The van der Waals surface area contributed by atoms with Gasteiger partial charge in [-0.25, -0.2) is 4.98 Å². The largest absolute Gasteiger partial charge is 0.392 e. The van der Waals surface area contributed by atoms with E-state index in [2.05, 4.69) is 27.5 Å². The molecule has 1 aliphatic carbocycles. The summed E-state index contributed by atoms with van der Waals surface area (Å²) in [5.41, 5.74) is 7.10. The SMILES string of the molecule is N#Cc1c2c(c(N3CC=C(CO)CC3)n3c1nc1ccccc13)CCC2. The first-order valence-electron chi connectivity index (χ1n) is 9.20. The fraction of sp³-hybridized carbons (Fsp3) is 0.333. The van der Waals surface area contributed by atoms with Gasteiger partial charge in [-0.2, -0.15) is 5.26 Å². The van der Waals surface area contributed by atoms with Crippen molar-refractivity contribution >= 4 is 22.5 Å². The fourth-order valence-corrected chi connectivity index (χ4v) is 4.44. The number of imidazole rings is 1. The minimum atomic E-state index is 0.142. The van der Waals surface area contributed by atoms with E-state index >= 15 is 0 Å². The highest BCUT2D eigenvalue weighted by atomic mass is 16.3. The van der Waals surface area contributed by atoms with E-state index in [1.165, 1.54) is 16.9 Å². The summed E-state index contributed by atoms with van der Waals surface area (Å²) in [4.78, 5) is 7.19. The quantitative estimate of drug-likeness (QED) is 0.726. The summed E-state index contributed by atoms with van der Waals surface area (Å²) < 4.78 is 2.19. The number of aliphatic hydroxyl groups excluding tert-OH is 1. The molecule has 3 heterocycles. The van der Waals surface area contributed by atoms with Crippen LogP contribution in [0.2, 0.25) is 0 Å². The van der Waals surface area contributed by atoms with Crippen molar-refractivity contribution in [2.24, 2.45) is 0 Å². The number of para-hydroxylation sites is 2. The van der Waals surface area contributed by atoms with Crippen LogP contribution in [0.15, 0.2) is 35.9 Å². The lowest BCUT2D eigenvalue weighted by Gasteiger charge is -2.31. The van der Waals surface area contributed by atoms with E-state index in [4.69, 9.17) is 4.98 Å². The van der Waals surface area contributed by atoms with Crippen LogP contribution in [0.3, 0.4) is 0 Å². The third kappa shape index (κ3) is 2.09. The van der Waals surface area contributed by atoms with Gasteiger partial charge in [0, 0.05) is 13.1 Å². The molecule has 2 aromatic heterocycles. The summed E-state index contributed by atoms with van der Waals surface area (Å²) in [5.74, 6) is 1.19. The molecule has 1 aromatic carbocycles. The molecule has 130 valence electrons. The van der Waals surface area contributed by atoms with Crippen molar-refractivity contribution in [2.45, 2.75) is 25.7 Å². The van der Waals surface area contributed by atoms with Crippen molar-refractivity contribution in [1.82, 2.24) is 9.38 Å². The van der Waals surface area contributed by atoms with Gasteiger partial charge in [-0.1, -0.05) is 18.2 Å². The van der Waals surface area contributed by atoms with Crippen molar-refractivity contribution in [3.05, 3.63) is 52.6 Å². The van der Waals surface area contributed by atoms with Gasteiger partial charge < -0.3 is 10.0 Å². The minimum Gasteiger partial charge on any atom is -0.392 e. The molecular weight excluding hydrogens is 324 g/mol. The summed E-state index contributed by atoms with van der Waals surface area (Å²) >= 11 is 0. The Morgan fingerprint density at radius 2 is 2.00 bits per heavy atom. The first-order valence-corrected chi connectivity index (χ1v) is 9.20. The van der Waals surface area contributed by atoms with Gasteiger partial charge in [0.2, 0.25) is 0 Å². The van der Waals surface area contributed by atoms with Crippen LogP contribution in [-0.4, -0.2) is 34.2 Å². The molecule has 5 nitrogen and oxygen atoms in total. The third-order valence-electron chi connectivity index (χ3n) is 5.70. The standard InChI is InChI=1S/C21H20N4O/c22-12-17-15-4-3-5-16(15)21(24-10-8-14(13-26)9-11-24)25-19-7-2-1-6-18(19)23-20(17)25/h1-2,6-8,26H,3-5,9-11,13H2. The number of hydrogen-bond acceptors (Lipinski definition) is 4. The number of aliphatic hydroxyl groups is 1. The molecular formula is C21H20N4O. The molecule has 2 aliphatic rings. The number of anilines is 1. The zero-order chi connectivity index (χ0) is 17.7. The predicted molar refractivity (Wildman–Crippen MR) is 101 cm³/mol. The van der Waals surface area contributed by atoms with Gasteiger partial charge in [-0.05, 0) is 54.5 Å². The Morgan fingerprint density at radius 3 is 2.77 bits per heavy atom. The molecule has 5 heteroatoms. The Bertz CT molecular complexity index is 1100. The number of pyridine rings is 1. The highest BCUT2D eigenvalue weighted by molar-refractivity contribution is 5.86. The lowest BCUT2D eigenvalue weighted by atomic mass is 10.0.